The van der Waals surface area contributed by atoms with E-state index in [1.54, 1.807) is 0 Å². The molecule has 0 amide bonds. The van der Waals surface area contributed by atoms with Crippen LogP contribution in [0.2, 0.25) is 19.6 Å². The van der Waals surface area contributed by atoms with Crippen molar-refractivity contribution in [3.05, 3.63) is 35.9 Å². The number of ether oxygens (including phenoxy) is 2. The Kier molecular flexibility index (Phi) is 6.86. The molecule has 19 heavy (non-hydrogen) atoms. The van der Waals surface area contributed by atoms with Crippen molar-refractivity contribution >= 4 is 8.07 Å². The van der Waals surface area contributed by atoms with Crippen molar-refractivity contribution in [2.24, 2.45) is 0 Å². The highest BCUT2D eigenvalue weighted by atomic mass is 28.3. The Morgan fingerprint density at radius 1 is 1.16 bits per heavy atom. The van der Waals surface area contributed by atoms with Gasteiger partial charge < -0.3 is 9.47 Å². The molecule has 0 unspecified atom stereocenters. The van der Waals surface area contributed by atoms with Gasteiger partial charge in [-0.3, -0.25) is 0 Å². The van der Waals surface area contributed by atoms with Crippen LogP contribution in [0, 0.1) is 11.5 Å². The van der Waals surface area contributed by atoms with E-state index in [4.69, 9.17) is 9.47 Å². The average Bonchev–Trinajstić information content (AvgIpc) is 2.34. The highest BCUT2D eigenvalue weighted by Crippen LogP contribution is 2.03. The van der Waals surface area contributed by atoms with E-state index >= 15 is 0 Å². The van der Waals surface area contributed by atoms with Crippen molar-refractivity contribution in [1.82, 2.24) is 0 Å². The van der Waals surface area contributed by atoms with E-state index in [1.165, 1.54) is 0 Å². The van der Waals surface area contributed by atoms with Crippen molar-refractivity contribution in [3.63, 3.8) is 0 Å². The number of benzene rings is 1. The second kappa shape index (κ2) is 8.16. The van der Waals surface area contributed by atoms with Gasteiger partial charge in [-0.1, -0.05) is 50.0 Å². The molecule has 0 fully saturated rings. The molecule has 0 N–H and O–H groups in total. The summed E-state index contributed by atoms with van der Waals surface area (Å²) >= 11 is 0. The third-order valence-electron chi connectivity index (χ3n) is 2.40. The second-order valence-electron chi connectivity index (χ2n) is 5.69. The van der Waals surface area contributed by atoms with E-state index < -0.39 is 8.07 Å². The maximum Gasteiger partial charge on any atom is 0.147 e. The smallest absolute Gasteiger partial charge is 0.147 e. The lowest BCUT2D eigenvalue weighted by molar-refractivity contribution is -0.0888. The first-order chi connectivity index (χ1) is 8.97. The molecule has 2 nitrogen and oxygen atoms in total. The molecule has 1 atom stereocenters. The van der Waals surface area contributed by atoms with Crippen LogP contribution in [0.1, 0.15) is 18.9 Å². The van der Waals surface area contributed by atoms with Crippen LogP contribution in [-0.2, 0) is 16.1 Å². The normalized spacial score (nSPS) is 12.6. The van der Waals surface area contributed by atoms with Crippen LogP contribution in [-0.4, -0.2) is 21.0 Å². The molecule has 0 aliphatic rings. The summed E-state index contributed by atoms with van der Waals surface area (Å²) in [4.78, 5) is 0. The zero-order valence-electron chi connectivity index (χ0n) is 12.4. The van der Waals surface area contributed by atoms with Crippen molar-refractivity contribution < 1.29 is 9.47 Å². The van der Waals surface area contributed by atoms with Crippen molar-refractivity contribution in [3.8, 4) is 11.5 Å². The fraction of sp³-hybridized carbons (Fsp3) is 0.500. The maximum absolute atomic E-state index is 5.57. The molecule has 3 heteroatoms. The van der Waals surface area contributed by atoms with Gasteiger partial charge in [-0.2, -0.15) is 0 Å². The summed E-state index contributed by atoms with van der Waals surface area (Å²) < 4.78 is 11.0. The minimum absolute atomic E-state index is 0.125. The Hall–Kier alpha value is -1.08. The average molecular weight is 276 g/mol. The van der Waals surface area contributed by atoms with Crippen molar-refractivity contribution in [1.29, 1.82) is 0 Å². The highest BCUT2D eigenvalue weighted by Gasteiger charge is 2.07. The standard InChI is InChI=1S/C16H24O2Si/c1-15(9-8-12-19(2,3)4)18-14-17-13-16-10-6-5-7-11-16/h5-7,10-11,15H,9,13-14H2,1-4H3/t15-/m0/s1. The summed E-state index contributed by atoms with van der Waals surface area (Å²) in [6, 6.07) is 10.1. The summed E-state index contributed by atoms with van der Waals surface area (Å²) in [6.07, 6.45) is 0.901. The predicted molar refractivity (Wildman–Crippen MR) is 82.4 cm³/mol. The van der Waals surface area contributed by atoms with Crippen LogP contribution in [0.5, 0.6) is 0 Å². The monoisotopic (exact) mass is 276 g/mol. The van der Waals surface area contributed by atoms with Gasteiger partial charge in [0, 0.05) is 6.42 Å². The quantitative estimate of drug-likeness (QED) is 0.340. The van der Waals surface area contributed by atoms with Gasteiger partial charge in [-0.05, 0) is 12.5 Å². The topological polar surface area (TPSA) is 18.5 Å². The molecule has 0 spiro atoms. The van der Waals surface area contributed by atoms with Crippen molar-refractivity contribution in [2.75, 3.05) is 6.79 Å². The zero-order valence-corrected chi connectivity index (χ0v) is 13.4. The minimum atomic E-state index is -1.25. The van der Waals surface area contributed by atoms with Crippen LogP contribution in [0.15, 0.2) is 30.3 Å². The Morgan fingerprint density at radius 3 is 2.47 bits per heavy atom. The molecule has 104 valence electrons. The number of hydrogen-bond donors (Lipinski definition) is 0. The van der Waals surface area contributed by atoms with E-state index in [0.717, 1.165) is 12.0 Å². The lowest BCUT2D eigenvalue weighted by atomic mass is 10.2. The van der Waals surface area contributed by atoms with E-state index in [-0.39, 0.29) is 6.10 Å². The van der Waals surface area contributed by atoms with Gasteiger partial charge in [0.05, 0.1) is 12.7 Å². The van der Waals surface area contributed by atoms with Crippen molar-refractivity contribution in [2.45, 2.75) is 45.7 Å². The molecule has 0 saturated heterocycles. The van der Waals surface area contributed by atoms with Gasteiger partial charge in [0.25, 0.3) is 0 Å². The van der Waals surface area contributed by atoms with E-state index in [9.17, 15) is 0 Å². The van der Waals surface area contributed by atoms with Gasteiger partial charge in [-0.15, -0.1) is 11.5 Å². The van der Waals surface area contributed by atoms with Gasteiger partial charge in [0.1, 0.15) is 14.9 Å². The molecular formula is C16H24O2Si. The molecule has 0 bridgehead atoms. The van der Waals surface area contributed by atoms with Crippen LogP contribution < -0.4 is 0 Å². The number of hydrogen-bond acceptors (Lipinski definition) is 2. The number of rotatable bonds is 6. The largest absolute Gasteiger partial charge is 0.351 e. The first-order valence-electron chi connectivity index (χ1n) is 6.71. The van der Waals surface area contributed by atoms with Crippen LogP contribution >= 0.6 is 0 Å². The van der Waals surface area contributed by atoms with Gasteiger partial charge in [-0.25, -0.2) is 0 Å². The highest BCUT2D eigenvalue weighted by molar-refractivity contribution is 6.83. The first-order valence-corrected chi connectivity index (χ1v) is 10.2. The molecule has 1 aromatic carbocycles. The maximum atomic E-state index is 5.57. The molecule has 1 aromatic rings. The van der Waals surface area contributed by atoms with E-state index in [2.05, 4.69) is 31.1 Å². The third kappa shape index (κ3) is 8.60. The first kappa shape index (κ1) is 16.0. The van der Waals surface area contributed by atoms with Crippen LogP contribution in [0.25, 0.3) is 0 Å². The van der Waals surface area contributed by atoms with Crippen LogP contribution in [0.4, 0.5) is 0 Å². The Bertz CT molecular complexity index is 412. The van der Waals surface area contributed by atoms with Gasteiger partial charge in [0.15, 0.2) is 0 Å². The molecule has 0 aliphatic carbocycles. The lowest BCUT2D eigenvalue weighted by Crippen LogP contribution is -2.17. The van der Waals surface area contributed by atoms with Gasteiger partial charge in [0.2, 0.25) is 0 Å². The molecular weight excluding hydrogens is 252 g/mol. The summed E-state index contributed by atoms with van der Waals surface area (Å²) in [7, 11) is -1.25. The third-order valence-corrected chi connectivity index (χ3v) is 3.33. The molecule has 1 rings (SSSR count). The summed E-state index contributed by atoms with van der Waals surface area (Å²) in [5, 5.41) is 0. The molecule has 0 heterocycles. The lowest BCUT2D eigenvalue weighted by Gasteiger charge is -2.11. The summed E-state index contributed by atoms with van der Waals surface area (Å²) in [5.41, 5.74) is 4.50. The summed E-state index contributed by atoms with van der Waals surface area (Å²) in [5.74, 6) is 3.21. The van der Waals surface area contributed by atoms with Crippen LogP contribution in [0.3, 0.4) is 0 Å². The Labute approximate surface area is 118 Å². The molecule has 0 radical (unpaired) electrons. The molecule has 0 aromatic heterocycles. The molecule has 0 saturated carbocycles. The molecule has 0 aliphatic heterocycles. The Balaban J connectivity index is 2.13. The fourth-order valence-corrected chi connectivity index (χ4v) is 2.05. The van der Waals surface area contributed by atoms with Gasteiger partial charge >= 0.3 is 0 Å². The minimum Gasteiger partial charge on any atom is -0.351 e. The SMILES string of the molecule is C[C@@H](CC#C[Si](C)(C)C)OCOCc1ccccc1. The van der Waals surface area contributed by atoms with E-state index in [0.29, 0.717) is 13.4 Å². The zero-order chi connectivity index (χ0) is 14.1. The van der Waals surface area contributed by atoms with E-state index in [1.807, 2.05) is 37.3 Å². The Morgan fingerprint density at radius 2 is 1.84 bits per heavy atom. The fourth-order valence-electron chi connectivity index (χ4n) is 1.42. The predicted octanol–water partition coefficient (Wildman–Crippen LogP) is 3.84. The second-order valence-corrected chi connectivity index (χ2v) is 10.4. The summed E-state index contributed by atoms with van der Waals surface area (Å²) in [6.45, 7) is 9.68.